The Kier molecular flexibility index (Phi) is 9.19. The number of hydrogen-bond donors (Lipinski definition) is 1. The smallest absolute Gasteiger partial charge is 0.370 e. The Balaban J connectivity index is 4.43. The largest absolute Gasteiger partial charge is 0.469 e. The number of carbonyl (C=O) groups is 4. The highest BCUT2D eigenvalue weighted by atomic mass is 32.2. The average Bonchev–Trinajstić information content (AvgIpc) is 2.40. The molecule has 7 nitrogen and oxygen atoms in total. The summed E-state index contributed by atoms with van der Waals surface area (Å²) in [6.07, 6.45) is -0.0899. The van der Waals surface area contributed by atoms with E-state index in [0.717, 1.165) is 0 Å². The van der Waals surface area contributed by atoms with Crippen molar-refractivity contribution in [2.75, 3.05) is 19.7 Å². The van der Waals surface area contributed by atoms with E-state index in [4.69, 9.17) is 0 Å². The fourth-order valence-corrected chi connectivity index (χ4v) is 2.04. The summed E-state index contributed by atoms with van der Waals surface area (Å²) >= 11 is 4.85. The fraction of sp³-hybridized carbons (Fsp3) is 0.692. The van der Waals surface area contributed by atoms with E-state index in [2.05, 4.69) is 26.8 Å². The van der Waals surface area contributed by atoms with Gasteiger partial charge in [-0.25, -0.2) is 4.79 Å². The second-order valence-electron chi connectivity index (χ2n) is 4.87. The fourth-order valence-electron chi connectivity index (χ4n) is 1.22. The minimum Gasteiger partial charge on any atom is -0.469 e. The summed E-state index contributed by atoms with van der Waals surface area (Å²) in [5.74, 6) is -2.17. The number of ketones is 1. The molecule has 9 heteroatoms. The standard InChI is InChI=1S/C13H20O7S2/c1-8(14)19-7-20-12(17)22-6-9(11(16)18-4)5-10(15)13(2,3)21/h9,21H,5-7H2,1-4H3/t9-/m0/s1. The number of methoxy groups -OCH3 is 1. The van der Waals surface area contributed by atoms with Crippen LogP contribution in [0.3, 0.4) is 0 Å². The molecular formula is C13H20O7S2. The molecule has 0 saturated carbocycles. The van der Waals surface area contributed by atoms with Crippen LogP contribution in [0.2, 0.25) is 0 Å². The summed E-state index contributed by atoms with van der Waals surface area (Å²) in [5, 5.41) is -0.715. The molecule has 0 aliphatic heterocycles. The molecule has 0 amide bonds. The van der Waals surface area contributed by atoms with Crippen molar-refractivity contribution in [3.05, 3.63) is 0 Å². The van der Waals surface area contributed by atoms with Crippen molar-refractivity contribution in [3.8, 4) is 0 Å². The van der Waals surface area contributed by atoms with Gasteiger partial charge >= 0.3 is 17.2 Å². The highest BCUT2D eigenvalue weighted by Gasteiger charge is 2.30. The van der Waals surface area contributed by atoms with Crippen molar-refractivity contribution >= 4 is 47.4 Å². The van der Waals surface area contributed by atoms with Crippen LogP contribution in [0.25, 0.3) is 0 Å². The summed E-state index contributed by atoms with van der Waals surface area (Å²) in [7, 11) is 1.20. The van der Waals surface area contributed by atoms with Gasteiger partial charge in [-0.15, -0.1) is 0 Å². The first-order chi connectivity index (χ1) is 10.1. The number of ether oxygens (including phenoxy) is 3. The molecule has 0 aromatic heterocycles. The van der Waals surface area contributed by atoms with Crippen LogP contribution in [0.5, 0.6) is 0 Å². The Morgan fingerprint density at radius 3 is 2.23 bits per heavy atom. The van der Waals surface area contributed by atoms with Gasteiger partial charge in [-0.2, -0.15) is 12.6 Å². The molecular weight excluding hydrogens is 332 g/mol. The van der Waals surface area contributed by atoms with Gasteiger partial charge in [0.1, 0.15) is 5.78 Å². The van der Waals surface area contributed by atoms with Gasteiger partial charge in [0.15, 0.2) is 0 Å². The molecule has 0 aromatic carbocycles. The lowest BCUT2D eigenvalue weighted by Crippen LogP contribution is -2.31. The third kappa shape index (κ3) is 8.93. The predicted octanol–water partition coefficient (Wildman–Crippen LogP) is 1.83. The van der Waals surface area contributed by atoms with E-state index in [1.807, 2.05) is 0 Å². The summed E-state index contributed by atoms with van der Waals surface area (Å²) in [5.41, 5.74) is 0. The predicted molar refractivity (Wildman–Crippen MR) is 83.8 cm³/mol. The minimum absolute atomic E-state index is 0.0151. The Labute approximate surface area is 138 Å². The first-order valence-corrected chi connectivity index (χ1v) is 7.77. The topological polar surface area (TPSA) is 96.0 Å². The lowest BCUT2D eigenvalue weighted by atomic mass is 9.97. The van der Waals surface area contributed by atoms with Crippen LogP contribution >= 0.6 is 24.4 Å². The van der Waals surface area contributed by atoms with Gasteiger partial charge in [0, 0.05) is 19.1 Å². The number of hydrogen-bond acceptors (Lipinski definition) is 9. The summed E-state index contributed by atoms with van der Waals surface area (Å²) in [4.78, 5) is 45.5. The Morgan fingerprint density at radius 2 is 1.77 bits per heavy atom. The van der Waals surface area contributed by atoms with Gasteiger partial charge in [0.2, 0.25) is 6.79 Å². The van der Waals surface area contributed by atoms with Crippen LogP contribution in [0.1, 0.15) is 27.2 Å². The number of esters is 2. The molecule has 0 radical (unpaired) electrons. The normalized spacial score (nSPS) is 12.2. The van der Waals surface area contributed by atoms with Crippen molar-refractivity contribution in [1.29, 1.82) is 0 Å². The van der Waals surface area contributed by atoms with Gasteiger partial charge in [0.05, 0.1) is 17.8 Å². The van der Waals surface area contributed by atoms with Crippen LogP contribution in [0, 0.1) is 5.92 Å². The van der Waals surface area contributed by atoms with Crippen molar-refractivity contribution in [1.82, 2.24) is 0 Å². The Bertz CT molecular complexity index is 429. The minimum atomic E-state index is -0.882. The summed E-state index contributed by atoms with van der Waals surface area (Å²) in [6.45, 7) is 3.92. The highest BCUT2D eigenvalue weighted by molar-refractivity contribution is 8.13. The van der Waals surface area contributed by atoms with E-state index in [1.165, 1.54) is 14.0 Å². The number of thiol groups is 1. The molecule has 126 valence electrons. The van der Waals surface area contributed by atoms with Crippen molar-refractivity contribution in [2.45, 2.75) is 31.9 Å². The molecule has 22 heavy (non-hydrogen) atoms. The second kappa shape index (κ2) is 9.73. The molecule has 0 spiro atoms. The summed E-state index contributed by atoms with van der Waals surface area (Å²) < 4.78 is 12.8. The molecule has 0 N–H and O–H groups in total. The quantitative estimate of drug-likeness (QED) is 0.401. The van der Waals surface area contributed by atoms with Gasteiger partial charge in [-0.1, -0.05) is 0 Å². The zero-order chi connectivity index (χ0) is 17.3. The zero-order valence-corrected chi connectivity index (χ0v) is 14.6. The van der Waals surface area contributed by atoms with Gasteiger partial charge in [0.25, 0.3) is 0 Å². The van der Waals surface area contributed by atoms with E-state index in [0.29, 0.717) is 11.8 Å². The van der Waals surface area contributed by atoms with Crippen LogP contribution in [0.15, 0.2) is 0 Å². The molecule has 0 rings (SSSR count). The highest BCUT2D eigenvalue weighted by Crippen LogP contribution is 2.22. The first-order valence-electron chi connectivity index (χ1n) is 6.34. The molecule has 0 aliphatic rings. The molecule has 0 fully saturated rings. The Morgan fingerprint density at radius 1 is 1.18 bits per heavy atom. The molecule has 0 heterocycles. The van der Waals surface area contributed by atoms with E-state index in [-0.39, 0.29) is 18.0 Å². The maximum Gasteiger partial charge on any atom is 0.370 e. The third-order valence-corrected chi connectivity index (χ3v) is 3.66. The zero-order valence-electron chi connectivity index (χ0n) is 12.9. The maximum absolute atomic E-state index is 11.9. The van der Waals surface area contributed by atoms with Crippen LogP contribution in [0.4, 0.5) is 4.79 Å². The van der Waals surface area contributed by atoms with Crippen molar-refractivity contribution in [3.63, 3.8) is 0 Å². The molecule has 0 aliphatic carbocycles. The number of rotatable bonds is 8. The van der Waals surface area contributed by atoms with E-state index >= 15 is 0 Å². The monoisotopic (exact) mass is 352 g/mol. The SMILES string of the molecule is COC(=O)[C@H](CSC(=O)OCOC(C)=O)CC(=O)C(C)(C)S. The van der Waals surface area contributed by atoms with Crippen LogP contribution < -0.4 is 0 Å². The van der Waals surface area contributed by atoms with Gasteiger partial charge in [-0.05, 0) is 25.6 Å². The first kappa shape index (κ1) is 20.8. The molecule has 0 aromatic rings. The Hall–Kier alpha value is -1.22. The van der Waals surface area contributed by atoms with E-state index in [9.17, 15) is 19.2 Å². The van der Waals surface area contributed by atoms with E-state index in [1.54, 1.807) is 13.8 Å². The van der Waals surface area contributed by atoms with Gasteiger partial charge < -0.3 is 14.2 Å². The van der Waals surface area contributed by atoms with Crippen molar-refractivity contribution in [2.24, 2.45) is 5.92 Å². The molecule has 1 atom stereocenters. The molecule has 0 unspecified atom stereocenters. The van der Waals surface area contributed by atoms with Crippen molar-refractivity contribution < 1.29 is 33.4 Å². The molecule has 0 bridgehead atoms. The van der Waals surface area contributed by atoms with Crippen LogP contribution in [-0.4, -0.2) is 47.4 Å². The van der Waals surface area contributed by atoms with E-state index < -0.39 is 34.7 Å². The molecule has 0 saturated heterocycles. The third-order valence-electron chi connectivity index (χ3n) is 2.49. The number of Topliss-reactive ketones (excluding diaryl/α,β-unsaturated/α-hetero) is 1. The summed E-state index contributed by atoms with van der Waals surface area (Å²) in [6, 6.07) is 0. The maximum atomic E-state index is 11.9. The average molecular weight is 352 g/mol. The number of carbonyl (C=O) groups excluding carboxylic acids is 4. The lowest BCUT2D eigenvalue weighted by molar-refractivity contribution is -0.148. The second-order valence-corrected chi connectivity index (χ2v) is 6.94. The van der Waals surface area contributed by atoms with Gasteiger partial charge in [-0.3, -0.25) is 14.4 Å². The van der Waals surface area contributed by atoms with Crippen LogP contribution in [-0.2, 0) is 28.6 Å². The lowest BCUT2D eigenvalue weighted by Gasteiger charge is -2.19. The number of thioether (sulfide) groups is 1.